The molecule has 0 unspecified atom stereocenters. The maximum atomic E-state index is 12.9. The number of nitrogens with two attached hydrogens (primary N) is 1. The molecule has 6 heteroatoms. The van der Waals surface area contributed by atoms with E-state index in [0.29, 0.717) is 28.6 Å². The van der Waals surface area contributed by atoms with Crippen LogP contribution in [0.25, 0.3) is 21.5 Å². The number of carbonyl (C=O) groups is 1. The number of hydrogen-bond donors (Lipinski definition) is 2. The lowest BCUT2D eigenvalue weighted by Gasteiger charge is -2.10. The molecule has 0 aliphatic heterocycles. The fourth-order valence-corrected chi connectivity index (χ4v) is 4.07. The van der Waals surface area contributed by atoms with Crippen molar-refractivity contribution < 1.29 is 9.53 Å². The van der Waals surface area contributed by atoms with E-state index in [2.05, 4.69) is 24.4 Å². The maximum Gasteiger partial charge on any atom is 0.268 e. The zero-order valence-electron chi connectivity index (χ0n) is 16.2. The summed E-state index contributed by atoms with van der Waals surface area (Å²) >= 11 is 1.29. The topological polar surface area (TPSA) is 77.2 Å². The van der Waals surface area contributed by atoms with E-state index in [-0.39, 0.29) is 5.91 Å². The van der Waals surface area contributed by atoms with Gasteiger partial charge in [0, 0.05) is 10.9 Å². The number of nitrogen functional groups attached to an aromatic ring is 1. The van der Waals surface area contributed by atoms with Gasteiger partial charge < -0.3 is 15.8 Å². The van der Waals surface area contributed by atoms with Crippen LogP contribution in [0.1, 0.15) is 22.2 Å². The molecule has 1 amide bonds. The second-order valence-electron chi connectivity index (χ2n) is 6.64. The van der Waals surface area contributed by atoms with Crippen LogP contribution in [-0.4, -0.2) is 17.5 Å². The Kier molecular flexibility index (Phi) is 5.18. The van der Waals surface area contributed by atoms with Gasteiger partial charge in [0.25, 0.3) is 5.91 Å². The fraction of sp³-hybridized carbons (Fsp3) is 0.130. The minimum absolute atomic E-state index is 0.269. The number of aryl methyl sites for hydroxylation is 1. The Balaban J connectivity index is 1.66. The highest BCUT2D eigenvalue weighted by Crippen LogP contribution is 2.35. The summed E-state index contributed by atoms with van der Waals surface area (Å²) < 4.78 is 5.58. The molecule has 4 rings (SSSR count). The number of ether oxygens (including phenoxy) is 1. The van der Waals surface area contributed by atoms with Crippen molar-refractivity contribution in [2.45, 2.75) is 13.8 Å². The van der Waals surface area contributed by atoms with E-state index in [0.717, 1.165) is 21.5 Å². The van der Waals surface area contributed by atoms with Crippen LogP contribution in [0.4, 0.5) is 11.4 Å². The number of thiophene rings is 1. The van der Waals surface area contributed by atoms with Crippen LogP contribution in [-0.2, 0) is 0 Å². The molecule has 0 bridgehead atoms. The van der Waals surface area contributed by atoms with Crippen molar-refractivity contribution in [3.63, 3.8) is 0 Å². The molecule has 3 N–H and O–H groups in total. The average molecular weight is 404 g/mol. The predicted octanol–water partition coefficient (Wildman–Crippen LogP) is 5.50. The molecular formula is C23H21N3O2S. The lowest BCUT2D eigenvalue weighted by molar-refractivity contribution is 0.103. The monoisotopic (exact) mass is 403 g/mol. The largest absolute Gasteiger partial charge is 0.492 e. The molecule has 0 spiro atoms. The Hall–Kier alpha value is -3.38. The van der Waals surface area contributed by atoms with Crippen LogP contribution >= 0.6 is 11.3 Å². The highest BCUT2D eigenvalue weighted by atomic mass is 32.1. The third-order valence-corrected chi connectivity index (χ3v) is 5.70. The van der Waals surface area contributed by atoms with Crippen LogP contribution in [0, 0.1) is 6.92 Å². The first-order valence-electron chi connectivity index (χ1n) is 9.36. The number of hydrogen-bond acceptors (Lipinski definition) is 5. The van der Waals surface area contributed by atoms with E-state index in [9.17, 15) is 4.79 Å². The zero-order valence-corrected chi connectivity index (χ0v) is 17.0. The van der Waals surface area contributed by atoms with Gasteiger partial charge in [-0.2, -0.15) is 0 Å². The van der Waals surface area contributed by atoms with Crippen LogP contribution in [0.3, 0.4) is 0 Å². The molecule has 4 aromatic rings. The van der Waals surface area contributed by atoms with Gasteiger partial charge in [0.1, 0.15) is 15.5 Å². The highest BCUT2D eigenvalue weighted by Gasteiger charge is 2.19. The molecule has 0 saturated carbocycles. The van der Waals surface area contributed by atoms with Crippen LogP contribution in [0.5, 0.6) is 5.75 Å². The van der Waals surface area contributed by atoms with Crippen LogP contribution in [0.2, 0.25) is 0 Å². The average Bonchev–Trinajstić information content (AvgIpc) is 3.06. The van der Waals surface area contributed by atoms with Crippen LogP contribution in [0.15, 0.2) is 60.7 Å². The number of aromatic nitrogens is 1. The molecule has 0 aliphatic rings. The Bertz CT molecular complexity index is 1180. The predicted molar refractivity (Wildman–Crippen MR) is 120 cm³/mol. The van der Waals surface area contributed by atoms with E-state index in [1.54, 1.807) is 6.07 Å². The van der Waals surface area contributed by atoms with Crippen molar-refractivity contribution in [2.24, 2.45) is 0 Å². The van der Waals surface area contributed by atoms with Crippen molar-refractivity contribution in [3.05, 3.63) is 71.1 Å². The van der Waals surface area contributed by atoms with E-state index >= 15 is 0 Å². The molecule has 2 heterocycles. The molecule has 0 atom stereocenters. The van der Waals surface area contributed by atoms with Gasteiger partial charge in [-0.15, -0.1) is 11.3 Å². The highest BCUT2D eigenvalue weighted by molar-refractivity contribution is 7.21. The minimum atomic E-state index is -0.269. The van der Waals surface area contributed by atoms with Gasteiger partial charge in [-0.25, -0.2) is 4.98 Å². The van der Waals surface area contributed by atoms with Gasteiger partial charge in [0.15, 0.2) is 0 Å². The van der Waals surface area contributed by atoms with Crippen molar-refractivity contribution in [1.29, 1.82) is 0 Å². The smallest absolute Gasteiger partial charge is 0.268 e. The standard InChI is InChI=1S/C23H21N3O2S/c1-3-28-19-7-5-4-6-18(19)25-22(27)21-20(24)16-12-13-17(26-23(16)29-21)15-10-8-14(2)9-11-15/h4-13H,3,24H2,1-2H3,(H,25,27). The SMILES string of the molecule is CCOc1ccccc1NC(=O)c1sc2nc(-c3ccc(C)cc3)ccc2c1N. The number of para-hydroxylation sites is 2. The minimum Gasteiger partial charge on any atom is -0.492 e. The molecule has 0 fully saturated rings. The molecule has 2 aromatic carbocycles. The number of anilines is 2. The lowest BCUT2D eigenvalue weighted by Crippen LogP contribution is -2.13. The second kappa shape index (κ2) is 7.93. The number of nitrogens with zero attached hydrogens (tertiary/aromatic N) is 1. The maximum absolute atomic E-state index is 12.9. The van der Waals surface area contributed by atoms with E-state index in [1.165, 1.54) is 16.9 Å². The molecule has 5 nitrogen and oxygen atoms in total. The van der Waals surface area contributed by atoms with E-state index < -0.39 is 0 Å². The Morgan fingerprint density at radius 1 is 1.10 bits per heavy atom. The number of carbonyl (C=O) groups excluding carboxylic acids is 1. The summed E-state index contributed by atoms with van der Waals surface area (Å²) in [5, 5.41) is 3.69. The molecule has 0 radical (unpaired) electrons. The zero-order chi connectivity index (χ0) is 20.4. The summed E-state index contributed by atoms with van der Waals surface area (Å²) in [4.78, 5) is 18.8. The lowest BCUT2D eigenvalue weighted by atomic mass is 10.1. The molecule has 146 valence electrons. The summed E-state index contributed by atoms with van der Waals surface area (Å²) in [6.45, 7) is 4.47. The van der Waals surface area contributed by atoms with Crippen molar-refractivity contribution >= 4 is 38.8 Å². The van der Waals surface area contributed by atoms with Crippen LogP contribution < -0.4 is 15.8 Å². The quantitative estimate of drug-likeness (QED) is 0.461. The first-order valence-corrected chi connectivity index (χ1v) is 10.2. The van der Waals surface area contributed by atoms with Crippen molar-refractivity contribution in [3.8, 4) is 17.0 Å². The summed E-state index contributed by atoms with van der Waals surface area (Å²) in [6.07, 6.45) is 0. The van der Waals surface area contributed by atoms with Gasteiger partial charge in [0.05, 0.1) is 23.7 Å². The number of nitrogens with one attached hydrogen (secondary N) is 1. The molecule has 0 saturated heterocycles. The first kappa shape index (κ1) is 19.0. The fourth-order valence-electron chi connectivity index (χ4n) is 3.08. The summed E-state index contributed by atoms with van der Waals surface area (Å²) in [7, 11) is 0. The molecule has 29 heavy (non-hydrogen) atoms. The summed E-state index contributed by atoms with van der Waals surface area (Å²) in [6, 6.07) is 19.4. The van der Waals surface area contributed by atoms with Gasteiger partial charge in [-0.1, -0.05) is 42.0 Å². The first-order chi connectivity index (χ1) is 14.1. The van der Waals surface area contributed by atoms with Gasteiger partial charge in [0.2, 0.25) is 0 Å². The molecule has 0 aliphatic carbocycles. The molecular weight excluding hydrogens is 382 g/mol. The van der Waals surface area contributed by atoms with Crippen molar-refractivity contribution in [1.82, 2.24) is 4.98 Å². The normalized spacial score (nSPS) is 10.8. The number of pyridine rings is 1. The van der Waals surface area contributed by atoms with Gasteiger partial charge in [-0.3, -0.25) is 4.79 Å². The Labute approximate surface area is 173 Å². The summed E-state index contributed by atoms with van der Waals surface area (Å²) in [5.74, 6) is 0.359. The third-order valence-electron chi connectivity index (χ3n) is 4.58. The number of fused-ring (bicyclic) bond motifs is 1. The third kappa shape index (κ3) is 3.79. The summed E-state index contributed by atoms with van der Waals surface area (Å²) in [5.41, 5.74) is 10.4. The Morgan fingerprint density at radius 2 is 1.86 bits per heavy atom. The van der Waals surface area contributed by atoms with E-state index in [1.807, 2.05) is 49.4 Å². The van der Waals surface area contributed by atoms with Gasteiger partial charge in [-0.05, 0) is 38.1 Å². The van der Waals surface area contributed by atoms with E-state index in [4.69, 9.17) is 15.5 Å². The second-order valence-corrected chi connectivity index (χ2v) is 7.64. The van der Waals surface area contributed by atoms with Gasteiger partial charge >= 0.3 is 0 Å². The number of amides is 1. The number of rotatable bonds is 5. The number of benzene rings is 2. The van der Waals surface area contributed by atoms with Crippen molar-refractivity contribution in [2.75, 3.05) is 17.7 Å². The molecule has 2 aromatic heterocycles. The Morgan fingerprint density at radius 3 is 2.62 bits per heavy atom.